The van der Waals surface area contributed by atoms with Crippen molar-refractivity contribution in [1.82, 2.24) is 20.4 Å². The van der Waals surface area contributed by atoms with Crippen molar-refractivity contribution in [2.45, 2.75) is 59.0 Å². The summed E-state index contributed by atoms with van der Waals surface area (Å²) in [5.41, 5.74) is 0.580. The lowest BCUT2D eigenvalue weighted by Gasteiger charge is -2.35. The van der Waals surface area contributed by atoms with Crippen LogP contribution in [-0.2, 0) is 4.74 Å². The molecular formula is C30H50N4O5. The van der Waals surface area contributed by atoms with Gasteiger partial charge in [-0.25, -0.2) is 4.79 Å². The molecule has 1 heterocycles. The molecule has 1 aromatic rings. The van der Waals surface area contributed by atoms with Crippen molar-refractivity contribution in [2.24, 2.45) is 23.7 Å². The van der Waals surface area contributed by atoms with Gasteiger partial charge in [0.05, 0.1) is 13.7 Å². The third-order valence-corrected chi connectivity index (χ3v) is 7.74. The summed E-state index contributed by atoms with van der Waals surface area (Å²) in [6, 6.07) is 5.53. The van der Waals surface area contributed by atoms with Crippen molar-refractivity contribution >= 4 is 11.9 Å². The van der Waals surface area contributed by atoms with Gasteiger partial charge in [0.2, 0.25) is 0 Å². The summed E-state index contributed by atoms with van der Waals surface area (Å²) >= 11 is 0. The monoisotopic (exact) mass is 546 g/mol. The molecule has 0 aromatic heterocycles. The predicted molar refractivity (Wildman–Crippen MR) is 154 cm³/mol. The van der Waals surface area contributed by atoms with Crippen LogP contribution in [0, 0.1) is 23.7 Å². The number of benzene rings is 1. The molecule has 2 fully saturated rings. The second-order valence-electron chi connectivity index (χ2n) is 11.8. The fourth-order valence-corrected chi connectivity index (χ4v) is 5.54. The lowest BCUT2D eigenvalue weighted by Crippen LogP contribution is -2.51. The van der Waals surface area contributed by atoms with Crippen LogP contribution in [0.3, 0.4) is 0 Å². The van der Waals surface area contributed by atoms with E-state index < -0.39 is 0 Å². The fourth-order valence-electron chi connectivity index (χ4n) is 5.54. The molecule has 1 saturated heterocycles. The van der Waals surface area contributed by atoms with Gasteiger partial charge in [0.15, 0.2) is 11.5 Å². The van der Waals surface area contributed by atoms with Crippen LogP contribution in [0.15, 0.2) is 18.2 Å². The Balaban J connectivity index is 1.73. The van der Waals surface area contributed by atoms with Gasteiger partial charge in [-0.2, -0.15) is 0 Å². The summed E-state index contributed by atoms with van der Waals surface area (Å²) in [6.45, 7) is 12.5. The first-order chi connectivity index (χ1) is 18.7. The molecule has 220 valence electrons. The largest absolute Gasteiger partial charge is 0.493 e. The fraction of sp³-hybridized carbons (Fsp3) is 0.733. The van der Waals surface area contributed by atoms with Crippen LogP contribution in [-0.4, -0.2) is 94.5 Å². The third-order valence-electron chi connectivity index (χ3n) is 7.74. The molecule has 39 heavy (non-hydrogen) atoms. The molecule has 0 spiro atoms. The number of nitrogens with zero attached hydrogens (tertiary/aromatic N) is 2. The van der Waals surface area contributed by atoms with Crippen molar-refractivity contribution in [3.63, 3.8) is 0 Å². The summed E-state index contributed by atoms with van der Waals surface area (Å²) in [7, 11) is 5.13. The van der Waals surface area contributed by atoms with E-state index in [1.807, 2.05) is 11.9 Å². The Labute approximate surface area is 234 Å². The van der Waals surface area contributed by atoms with Gasteiger partial charge in [0.25, 0.3) is 5.91 Å². The zero-order valence-corrected chi connectivity index (χ0v) is 25.0. The Morgan fingerprint density at radius 2 is 1.82 bits per heavy atom. The van der Waals surface area contributed by atoms with E-state index in [1.54, 1.807) is 37.3 Å². The first kappa shape index (κ1) is 31.0. The molecule has 0 bridgehead atoms. The van der Waals surface area contributed by atoms with Crippen LogP contribution in [0.5, 0.6) is 11.5 Å². The number of urea groups is 1. The van der Waals surface area contributed by atoms with Crippen LogP contribution in [0.4, 0.5) is 4.79 Å². The standard InChI is InChI=1S/C30H50N4O5/c1-20(2)18-33(5)30(36)32-28(22-9-10-22)25-17-31-16-24(25)19-34(21(3)4)29(35)23-11-12-26(38-7)27(15-23)39-14-8-13-37-6/h11-12,15,20-22,24-25,28,31H,8-10,13-14,16-19H2,1-7H3,(H,32,36)/t24-,25+,28?/m0/s1. The van der Waals surface area contributed by atoms with Gasteiger partial charge in [-0.1, -0.05) is 13.8 Å². The van der Waals surface area contributed by atoms with Crippen molar-refractivity contribution < 1.29 is 23.8 Å². The molecule has 0 radical (unpaired) electrons. The Hall–Kier alpha value is -2.52. The zero-order valence-electron chi connectivity index (χ0n) is 25.0. The minimum Gasteiger partial charge on any atom is -0.493 e. The van der Waals surface area contributed by atoms with Crippen molar-refractivity contribution in [3.05, 3.63) is 23.8 Å². The van der Waals surface area contributed by atoms with Gasteiger partial charge in [-0.05, 0) is 68.6 Å². The smallest absolute Gasteiger partial charge is 0.317 e. The van der Waals surface area contributed by atoms with E-state index in [2.05, 4.69) is 38.3 Å². The summed E-state index contributed by atoms with van der Waals surface area (Å²) in [5, 5.41) is 6.92. The molecule has 1 aliphatic carbocycles. The number of carbonyl (C=O) groups is 2. The molecule has 1 unspecified atom stereocenters. The summed E-state index contributed by atoms with van der Waals surface area (Å²) in [4.78, 5) is 30.6. The minimum absolute atomic E-state index is 0.000645. The SMILES string of the molecule is COCCCOc1cc(C(=O)N(C[C@@H]2CNC[C@H]2C(NC(=O)N(C)CC(C)C)C2CC2)C(C)C)ccc1OC. The average Bonchev–Trinajstić information content (AvgIpc) is 3.64. The maximum atomic E-state index is 13.8. The average molecular weight is 547 g/mol. The van der Waals surface area contributed by atoms with E-state index >= 15 is 0 Å². The Bertz CT molecular complexity index is 936. The van der Waals surface area contributed by atoms with E-state index in [0.717, 1.165) is 38.9 Å². The van der Waals surface area contributed by atoms with Crippen LogP contribution in [0.1, 0.15) is 57.3 Å². The lowest BCUT2D eigenvalue weighted by molar-refractivity contribution is 0.0649. The molecule has 2 aliphatic rings. The van der Waals surface area contributed by atoms with Gasteiger partial charge in [0.1, 0.15) is 0 Å². The first-order valence-electron chi connectivity index (χ1n) is 14.5. The molecule has 3 atom stereocenters. The van der Waals surface area contributed by atoms with Gasteiger partial charge in [-0.3, -0.25) is 4.79 Å². The van der Waals surface area contributed by atoms with Crippen molar-refractivity contribution in [2.75, 3.05) is 60.7 Å². The highest BCUT2D eigenvalue weighted by atomic mass is 16.5. The summed E-state index contributed by atoms with van der Waals surface area (Å²) in [5.74, 6) is 2.59. The topological polar surface area (TPSA) is 92.4 Å². The summed E-state index contributed by atoms with van der Waals surface area (Å²) in [6.07, 6.45) is 3.04. The molecule has 9 nitrogen and oxygen atoms in total. The van der Waals surface area contributed by atoms with Crippen LogP contribution < -0.4 is 20.1 Å². The molecule has 1 saturated carbocycles. The van der Waals surface area contributed by atoms with E-state index in [0.29, 0.717) is 48.7 Å². The quantitative estimate of drug-likeness (QED) is 0.325. The number of hydrogen-bond acceptors (Lipinski definition) is 6. The molecule has 3 amide bonds. The van der Waals surface area contributed by atoms with Gasteiger partial charge < -0.3 is 34.6 Å². The lowest BCUT2D eigenvalue weighted by atomic mass is 9.85. The molecule has 1 aromatic carbocycles. The van der Waals surface area contributed by atoms with Crippen molar-refractivity contribution in [1.29, 1.82) is 0 Å². The minimum atomic E-state index is -0.0243. The Kier molecular flexibility index (Phi) is 11.7. The molecule has 2 N–H and O–H groups in total. The molecule has 9 heteroatoms. The summed E-state index contributed by atoms with van der Waals surface area (Å²) < 4.78 is 16.5. The van der Waals surface area contributed by atoms with Crippen LogP contribution >= 0.6 is 0 Å². The van der Waals surface area contributed by atoms with Crippen LogP contribution in [0.2, 0.25) is 0 Å². The maximum Gasteiger partial charge on any atom is 0.317 e. The number of ether oxygens (including phenoxy) is 3. The molecule has 3 rings (SSSR count). The second-order valence-corrected chi connectivity index (χ2v) is 11.8. The van der Waals surface area contributed by atoms with Gasteiger partial charge in [-0.15, -0.1) is 0 Å². The highest BCUT2D eigenvalue weighted by molar-refractivity contribution is 5.95. The zero-order chi connectivity index (χ0) is 28.5. The van der Waals surface area contributed by atoms with E-state index in [1.165, 1.54) is 0 Å². The molecular weight excluding hydrogens is 496 g/mol. The number of amides is 3. The predicted octanol–water partition coefficient (Wildman–Crippen LogP) is 3.87. The second kappa shape index (κ2) is 14.7. The van der Waals surface area contributed by atoms with E-state index in [4.69, 9.17) is 14.2 Å². The number of methoxy groups -OCH3 is 2. The van der Waals surface area contributed by atoms with Gasteiger partial charge in [0, 0.05) is 71.0 Å². The number of carbonyl (C=O) groups excluding carboxylic acids is 2. The number of nitrogens with one attached hydrogen (secondary N) is 2. The third kappa shape index (κ3) is 8.73. The Morgan fingerprint density at radius 3 is 2.44 bits per heavy atom. The van der Waals surface area contributed by atoms with E-state index in [9.17, 15) is 9.59 Å². The highest BCUT2D eigenvalue weighted by Gasteiger charge is 2.44. The molecule has 1 aliphatic heterocycles. The number of rotatable bonds is 15. The first-order valence-corrected chi connectivity index (χ1v) is 14.5. The van der Waals surface area contributed by atoms with Gasteiger partial charge >= 0.3 is 6.03 Å². The Morgan fingerprint density at radius 1 is 1.08 bits per heavy atom. The normalized spacial score (nSPS) is 19.7. The van der Waals surface area contributed by atoms with Crippen molar-refractivity contribution in [3.8, 4) is 11.5 Å². The van der Waals surface area contributed by atoms with E-state index in [-0.39, 0.29) is 35.9 Å². The maximum absolute atomic E-state index is 13.8. The highest BCUT2D eigenvalue weighted by Crippen LogP contribution is 2.39. The number of hydrogen-bond donors (Lipinski definition) is 2. The van der Waals surface area contributed by atoms with Crippen LogP contribution in [0.25, 0.3) is 0 Å².